The number of nitrogens with one attached hydrogen (secondary N) is 1. The van der Waals surface area contributed by atoms with E-state index in [1.165, 1.54) is 180 Å². The summed E-state index contributed by atoms with van der Waals surface area (Å²) in [6.07, 6.45) is 43.0. The molecule has 0 bridgehead atoms. The molecule has 0 saturated heterocycles. The molecule has 0 unspecified atom stereocenters. The smallest absolute Gasteiger partial charge is 0.408 e. The predicted molar refractivity (Wildman–Crippen MR) is 202 cm³/mol. The molecular formula is C42H83NO3. The number of hydrogen-bond donors (Lipinski definition) is 1. The van der Waals surface area contributed by atoms with Crippen molar-refractivity contribution < 1.29 is 14.3 Å². The number of hydrogen-bond acceptors (Lipinski definition) is 3. The summed E-state index contributed by atoms with van der Waals surface area (Å²) in [6.45, 7) is 10.3. The highest BCUT2D eigenvalue weighted by molar-refractivity contribution is 5.69. The molecule has 0 aromatic rings. The van der Waals surface area contributed by atoms with Crippen molar-refractivity contribution in [3.8, 4) is 0 Å². The molecule has 0 aliphatic heterocycles. The minimum absolute atomic E-state index is 0.378. The van der Waals surface area contributed by atoms with Crippen LogP contribution >= 0.6 is 0 Å². The van der Waals surface area contributed by atoms with Crippen LogP contribution in [0.2, 0.25) is 0 Å². The van der Waals surface area contributed by atoms with Crippen molar-refractivity contribution in [2.75, 3.05) is 0 Å². The standard InChI is InChI=1S/C42H83NO3/c1-6-8-10-12-14-16-18-20-22-24-26-28-30-32-34-36-42(38-39-44,43-40(45)46-41(3,4)5)37-35-33-31-29-27-25-23-21-19-17-15-13-11-9-7-2/h39H,6-38H2,1-5H3,(H,43,45). The van der Waals surface area contributed by atoms with Gasteiger partial charge in [0.25, 0.3) is 0 Å². The van der Waals surface area contributed by atoms with E-state index in [0.717, 1.165) is 32.0 Å². The summed E-state index contributed by atoms with van der Waals surface area (Å²) in [5.41, 5.74) is -1.02. The van der Waals surface area contributed by atoms with Gasteiger partial charge in [-0.3, -0.25) is 0 Å². The molecule has 4 nitrogen and oxygen atoms in total. The largest absolute Gasteiger partial charge is 0.444 e. The average Bonchev–Trinajstić information content (AvgIpc) is 3.00. The summed E-state index contributed by atoms with van der Waals surface area (Å²) in [7, 11) is 0. The summed E-state index contributed by atoms with van der Waals surface area (Å²) in [4.78, 5) is 24.6. The first kappa shape index (κ1) is 44.9. The maximum absolute atomic E-state index is 12.8. The highest BCUT2D eigenvalue weighted by Crippen LogP contribution is 2.27. The SMILES string of the molecule is CCCCCCCCCCCCCCCCCC(CC=O)(CCCCCCCCCCCCCCCCC)NC(=O)OC(C)(C)C. The number of ether oxygens (including phenoxy) is 1. The van der Waals surface area contributed by atoms with E-state index >= 15 is 0 Å². The molecule has 1 amide bonds. The first-order valence-corrected chi connectivity index (χ1v) is 20.7. The molecule has 0 heterocycles. The molecule has 0 spiro atoms. The van der Waals surface area contributed by atoms with Crippen molar-refractivity contribution in [2.24, 2.45) is 0 Å². The fourth-order valence-electron chi connectivity index (χ4n) is 6.85. The van der Waals surface area contributed by atoms with Gasteiger partial charge in [0, 0.05) is 12.0 Å². The Bertz CT molecular complexity index is 622. The van der Waals surface area contributed by atoms with Crippen LogP contribution in [0.1, 0.15) is 247 Å². The Morgan fingerprint density at radius 2 is 0.739 bits per heavy atom. The van der Waals surface area contributed by atoms with Gasteiger partial charge in [0.05, 0.1) is 0 Å². The van der Waals surface area contributed by atoms with Crippen LogP contribution in [0.25, 0.3) is 0 Å². The Hall–Kier alpha value is -1.06. The van der Waals surface area contributed by atoms with Crippen molar-refractivity contribution >= 4 is 12.4 Å². The quantitative estimate of drug-likeness (QED) is 0.0549. The highest BCUT2D eigenvalue weighted by Gasteiger charge is 2.32. The fourth-order valence-corrected chi connectivity index (χ4v) is 6.85. The van der Waals surface area contributed by atoms with Gasteiger partial charge >= 0.3 is 6.09 Å². The summed E-state index contributed by atoms with van der Waals surface area (Å²) in [5, 5.41) is 3.19. The predicted octanol–water partition coefficient (Wildman–Crippen LogP) is 14.4. The molecular weight excluding hydrogens is 566 g/mol. The lowest BCUT2D eigenvalue weighted by molar-refractivity contribution is -0.109. The van der Waals surface area contributed by atoms with E-state index in [2.05, 4.69) is 19.2 Å². The first-order valence-electron chi connectivity index (χ1n) is 20.7. The third-order valence-corrected chi connectivity index (χ3v) is 9.76. The van der Waals surface area contributed by atoms with Crippen LogP contribution in [0.5, 0.6) is 0 Å². The second-order valence-corrected chi connectivity index (χ2v) is 15.7. The summed E-state index contributed by atoms with van der Waals surface area (Å²) >= 11 is 0. The Labute approximate surface area is 289 Å². The van der Waals surface area contributed by atoms with Crippen molar-refractivity contribution in [1.82, 2.24) is 5.32 Å². The van der Waals surface area contributed by atoms with Gasteiger partial charge in [-0.15, -0.1) is 0 Å². The molecule has 0 aliphatic rings. The third kappa shape index (κ3) is 31.5. The van der Waals surface area contributed by atoms with Crippen molar-refractivity contribution in [3.63, 3.8) is 0 Å². The van der Waals surface area contributed by atoms with E-state index in [1.807, 2.05) is 20.8 Å². The van der Waals surface area contributed by atoms with Crippen LogP contribution in [0.4, 0.5) is 4.79 Å². The maximum Gasteiger partial charge on any atom is 0.408 e. The van der Waals surface area contributed by atoms with Crippen molar-refractivity contribution in [3.05, 3.63) is 0 Å². The lowest BCUT2D eigenvalue weighted by Gasteiger charge is -2.34. The van der Waals surface area contributed by atoms with Crippen LogP contribution in [-0.4, -0.2) is 23.5 Å². The number of amides is 1. The maximum atomic E-state index is 12.8. The Balaban J connectivity index is 4.27. The minimum Gasteiger partial charge on any atom is -0.444 e. The minimum atomic E-state index is -0.541. The highest BCUT2D eigenvalue weighted by atomic mass is 16.6. The van der Waals surface area contributed by atoms with Gasteiger partial charge in [0.1, 0.15) is 11.9 Å². The van der Waals surface area contributed by atoms with Gasteiger partial charge in [-0.25, -0.2) is 4.79 Å². The number of alkyl carbamates (subject to hydrolysis) is 1. The second kappa shape index (κ2) is 32.5. The van der Waals surface area contributed by atoms with Crippen LogP contribution < -0.4 is 5.32 Å². The first-order chi connectivity index (χ1) is 22.3. The normalized spacial score (nSPS) is 12.0. The molecule has 0 saturated carbocycles. The van der Waals surface area contributed by atoms with Crippen molar-refractivity contribution in [1.29, 1.82) is 0 Å². The van der Waals surface area contributed by atoms with E-state index < -0.39 is 11.1 Å². The van der Waals surface area contributed by atoms with Gasteiger partial charge in [-0.1, -0.05) is 206 Å². The van der Waals surface area contributed by atoms with Crippen LogP contribution in [-0.2, 0) is 9.53 Å². The van der Waals surface area contributed by atoms with E-state index in [-0.39, 0.29) is 6.09 Å². The van der Waals surface area contributed by atoms with E-state index in [4.69, 9.17) is 4.74 Å². The summed E-state index contributed by atoms with van der Waals surface area (Å²) in [5.74, 6) is 0. The lowest BCUT2D eigenvalue weighted by atomic mass is 9.83. The Morgan fingerprint density at radius 1 is 0.478 bits per heavy atom. The zero-order valence-electron chi connectivity index (χ0n) is 32.1. The molecule has 0 aromatic heterocycles. The number of rotatable bonds is 35. The number of aldehydes is 1. The molecule has 0 fully saturated rings. The van der Waals surface area contributed by atoms with E-state index in [0.29, 0.717) is 6.42 Å². The molecule has 0 aromatic carbocycles. The molecule has 0 aliphatic carbocycles. The molecule has 274 valence electrons. The molecule has 0 rings (SSSR count). The third-order valence-electron chi connectivity index (χ3n) is 9.76. The Morgan fingerprint density at radius 3 is 0.978 bits per heavy atom. The van der Waals surface area contributed by atoms with Crippen LogP contribution in [0.15, 0.2) is 0 Å². The lowest BCUT2D eigenvalue weighted by Crippen LogP contribution is -2.50. The van der Waals surface area contributed by atoms with E-state index in [9.17, 15) is 9.59 Å². The Kier molecular flexibility index (Phi) is 31.7. The fraction of sp³-hybridized carbons (Fsp3) is 0.952. The zero-order valence-corrected chi connectivity index (χ0v) is 32.1. The van der Waals surface area contributed by atoms with Gasteiger partial charge in [0.2, 0.25) is 0 Å². The second-order valence-electron chi connectivity index (χ2n) is 15.7. The molecule has 46 heavy (non-hydrogen) atoms. The molecule has 1 N–H and O–H groups in total. The van der Waals surface area contributed by atoms with E-state index in [1.54, 1.807) is 0 Å². The zero-order chi connectivity index (χ0) is 34.0. The average molecular weight is 650 g/mol. The van der Waals surface area contributed by atoms with Gasteiger partial charge in [-0.2, -0.15) is 0 Å². The van der Waals surface area contributed by atoms with Gasteiger partial charge < -0.3 is 14.8 Å². The molecule has 0 atom stereocenters. The monoisotopic (exact) mass is 650 g/mol. The van der Waals surface area contributed by atoms with Crippen molar-refractivity contribution in [2.45, 2.75) is 258 Å². The van der Waals surface area contributed by atoms with Gasteiger partial charge in [-0.05, 0) is 33.6 Å². The number of carbonyl (C=O) groups is 2. The summed E-state index contributed by atoms with van der Waals surface area (Å²) in [6, 6.07) is 0. The van der Waals surface area contributed by atoms with Gasteiger partial charge in [0.15, 0.2) is 0 Å². The van der Waals surface area contributed by atoms with Crippen LogP contribution in [0, 0.1) is 0 Å². The number of carbonyl (C=O) groups excluding carboxylic acids is 2. The molecule has 4 heteroatoms. The summed E-state index contributed by atoms with van der Waals surface area (Å²) < 4.78 is 5.63. The van der Waals surface area contributed by atoms with Crippen LogP contribution in [0.3, 0.4) is 0 Å². The molecule has 0 radical (unpaired) electrons. The topological polar surface area (TPSA) is 55.4 Å². The number of unbranched alkanes of at least 4 members (excludes halogenated alkanes) is 28.